The number of carbonyl (C=O) groups excluding carboxylic acids is 1. The maximum absolute atomic E-state index is 12.7. The lowest BCUT2D eigenvalue weighted by Crippen LogP contribution is -2.36. The van der Waals surface area contributed by atoms with Gasteiger partial charge < -0.3 is 10.0 Å². The summed E-state index contributed by atoms with van der Waals surface area (Å²) in [5.74, 6) is -0.728. The molecule has 5 nitrogen and oxygen atoms in total. The van der Waals surface area contributed by atoms with E-state index in [2.05, 4.69) is 17.1 Å². The normalized spacial score (nSPS) is 25.2. The summed E-state index contributed by atoms with van der Waals surface area (Å²) in [4.78, 5) is 29.7. The van der Waals surface area contributed by atoms with E-state index in [1.165, 1.54) is 11.3 Å². The number of amides is 1. The Morgan fingerprint density at radius 2 is 2.19 bits per heavy atom. The van der Waals surface area contributed by atoms with Crippen LogP contribution in [0.25, 0.3) is 0 Å². The second-order valence-electron chi connectivity index (χ2n) is 5.55. The molecule has 6 heteroatoms. The first-order valence-corrected chi connectivity index (χ1v) is 8.19. The summed E-state index contributed by atoms with van der Waals surface area (Å²) in [6.07, 6.45) is 8.75. The van der Waals surface area contributed by atoms with Gasteiger partial charge in [0.25, 0.3) is 0 Å². The molecule has 1 aliphatic heterocycles. The second kappa shape index (κ2) is 5.97. The summed E-state index contributed by atoms with van der Waals surface area (Å²) >= 11 is 1.34. The number of nitrogens with zero attached hydrogens (tertiary/aromatic N) is 2. The second-order valence-corrected chi connectivity index (χ2v) is 6.44. The van der Waals surface area contributed by atoms with Crippen LogP contribution < -0.4 is 0 Å². The number of allylic oxidation sites excluding steroid dienone is 2. The summed E-state index contributed by atoms with van der Waals surface area (Å²) in [6, 6.07) is -0.0403. The van der Waals surface area contributed by atoms with Crippen LogP contribution in [0.5, 0.6) is 0 Å². The number of hydrogen-bond donors (Lipinski definition) is 1. The van der Waals surface area contributed by atoms with Gasteiger partial charge in [-0.2, -0.15) is 0 Å². The highest BCUT2D eigenvalue weighted by Crippen LogP contribution is 2.36. The molecule has 0 aromatic carbocycles. The molecule has 1 aromatic heterocycles. The molecule has 3 rings (SSSR count). The molecule has 0 saturated carbocycles. The lowest BCUT2D eigenvalue weighted by molar-refractivity contribution is -0.136. The molecule has 0 unspecified atom stereocenters. The fraction of sp³-hybridized carbons (Fsp3) is 0.533. The van der Waals surface area contributed by atoms with Gasteiger partial charge in [0.2, 0.25) is 5.91 Å². The zero-order valence-electron chi connectivity index (χ0n) is 11.7. The molecule has 2 heterocycles. The predicted molar refractivity (Wildman–Crippen MR) is 79.2 cm³/mol. The molecule has 1 N–H and O–H groups in total. The minimum Gasteiger partial charge on any atom is -0.476 e. The lowest BCUT2D eigenvalue weighted by atomic mass is 9.93. The SMILES string of the molecule is O=C(O)c1csc([C@H]2CCCN2C(=O)[C@@H]2CC=CCC2)n1. The lowest BCUT2D eigenvalue weighted by Gasteiger charge is -2.28. The minimum absolute atomic E-state index is 0.0403. The van der Waals surface area contributed by atoms with E-state index in [0.29, 0.717) is 0 Å². The maximum Gasteiger partial charge on any atom is 0.355 e. The van der Waals surface area contributed by atoms with Gasteiger partial charge in [-0.25, -0.2) is 9.78 Å². The van der Waals surface area contributed by atoms with Crippen LogP contribution >= 0.6 is 11.3 Å². The number of rotatable bonds is 3. The topological polar surface area (TPSA) is 70.5 Å². The minimum atomic E-state index is -1.01. The fourth-order valence-electron chi connectivity index (χ4n) is 3.08. The summed E-state index contributed by atoms with van der Waals surface area (Å²) in [7, 11) is 0. The highest BCUT2D eigenvalue weighted by Gasteiger charge is 2.35. The third-order valence-corrected chi connectivity index (χ3v) is 5.13. The van der Waals surface area contributed by atoms with Crippen molar-refractivity contribution in [3.05, 3.63) is 28.2 Å². The van der Waals surface area contributed by atoms with Crippen molar-refractivity contribution >= 4 is 23.2 Å². The number of hydrogen-bond acceptors (Lipinski definition) is 4. The van der Waals surface area contributed by atoms with Gasteiger partial charge in [0.15, 0.2) is 5.69 Å². The molecule has 1 amide bonds. The van der Waals surface area contributed by atoms with Crippen LogP contribution in [0, 0.1) is 5.92 Å². The van der Waals surface area contributed by atoms with Gasteiger partial charge in [0, 0.05) is 17.8 Å². The molecule has 1 aromatic rings. The monoisotopic (exact) mass is 306 g/mol. The van der Waals surface area contributed by atoms with Crippen LogP contribution in [0.2, 0.25) is 0 Å². The van der Waals surface area contributed by atoms with E-state index >= 15 is 0 Å². The Kier molecular flexibility index (Phi) is 4.05. The van der Waals surface area contributed by atoms with Crippen LogP contribution in [0.15, 0.2) is 17.5 Å². The van der Waals surface area contributed by atoms with Crippen molar-refractivity contribution in [2.45, 2.75) is 38.1 Å². The number of carboxylic acids is 1. The van der Waals surface area contributed by atoms with Crippen molar-refractivity contribution in [2.24, 2.45) is 5.92 Å². The maximum atomic E-state index is 12.7. The molecule has 0 bridgehead atoms. The van der Waals surface area contributed by atoms with Gasteiger partial charge in [-0.1, -0.05) is 12.2 Å². The standard InChI is InChI=1S/C15H18N2O3S/c18-14(10-5-2-1-3-6-10)17-8-4-7-12(17)13-16-11(9-21-13)15(19)20/h1-2,9-10,12H,3-8H2,(H,19,20)/t10-,12-/m1/s1. The zero-order chi connectivity index (χ0) is 14.8. The Morgan fingerprint density at radius 3 is 2.86 bits per heavy atom. The Bertz CT molecular complexity index is 581. The zero-order valence-corrected chi connectivity index (χ0v) is 12.5. The Morgan fingerprint density at radius 1 is 1.33 bits per heavy atom. The Balaban J connectivity index is 1.76. The summed E-state index contributed by atoms with van der Waals surface area (Å²) < 4.78 is 0. The van der Waals surface area contributed by atoms with Crippen molar-refractivity contribution in [3.8, 4) is 0 Å². The van der Waals surface area contributed by atoms with E-state index in [1.807, 2.05) is 4.90 Å². The Hall–Kier alpha value is -1.69. The quantitative estimate of drug-likeness (QED) is 0.872. The van der Waals surface area contributed by atoms with E-state index in [9.17, 15) is 9.59 Å². The predicted octanol–water partition coefficient (Wildman–Crippen LogP) is 2.86. The van der Waals surface area contributed by atoms with Gasteiger partial charge >= 0.3 is 5.97 Å². The molecule has 0 spiro atoms. The van der Waals surface area contributed by atoms with Crippen molar-refractivity contribution in [2.75, 3.05) is 6.54 Å². The van der Waals surface area contributed by atoms with E-state index in [-0.39, 0.29) is 23.6 Å². The largest absolute Gasteiger partial charge is 0.476 e. The average Bonchev–Trinajstić information content (AvgIpc) is 3.16. The highest BCUT2D eigenvalue weighted by molar-refractivity contribution is 7.09. The van der Waals surface area contributed by atoms with Crippen LogP contribution in [-0.2, 0) is 4.79 Å². The van der Waals surface area contributed by atoms with Crippen molar-refractivity contribution in [1.82, 2.24) is 9.88 Å². The van der Waals surface area contributed by atoms with Gasteiger partial charge in [0.1, 0.15) is 5.01 Å². The van der Waals surface area contributed by atoms with E-state index < -0.39 is 5.97 Å². The highest BCUT2D eigenvalue weighted by atomic mass is 32.1. The molecule has 21 heavy (non-hydrogen) atoms. The number of aromatic carboxylic acids is 1. The smallest absolute Gasteiger partial charge is 0.355 e. The van der Waals surface area contributed by atoms with Gasteiger partial charge in [-0.3, -0.25) is 4.79 Å². The molecule has 112 valence electrons. The molecule has 1 saturated heterocycles. The third kappa shape index (κ3) is 2.85. The Labute approximate surface area is 127 Å². The average molecular weight is 306 g/mol. The summed E-state index contributed by atoms with van der Waals surface area (Å²) in [6.45, 7) is 0.756. The van der Waals surface area contributed by atoms with E-state index in [4.69, 9.17) is 5.11 Å². The van der Waals surface area contributed by atoms with Gasteiger partial charge in [-0.15, -0.1) is 11.3 Å². The molecular formula is C15H18N2O3S. The van der Waals surface area contributed by atoms with Gasteiger partial charge in [-0.05, 0) is 32.1 Å². The first kappa shape index (κ1) is 14.3. The van der Waals surface area contributed by atoms with Crippen molar-refractivity contribution < 1.29 is 14.7 Å². The molecule has 2 aliphatic rings. The molecule has 0 radical (unpaired) electrons. The van der Waals surface area contributed by atoms with Crippen molar-refractivity contribution in [3.63, 3.8) is 0 Å². The number of aromatic nitrogens is 1. The van der Waals surface area contributed by atoms with Crippen LogP contribution in [0.3, 0.4) is 0 Å². The van der Waals surface area contributed by atoms with Crippen LogP contribution in [-0.4, -0.2) is 33.4 Å². The van der Waals surface area contributed by atoms with Crippen LogP contribution in [0.1, 0.15) is 53.6 Å². The number of likely N-dealkylation sites (tertiary alicyclic amines) is 1. The molecule has 2 atom stereocenters. The summed E-state index contributed by atoms with van der Waals surface area (Å²) in [5.41, 5.74) is 0.0786. The van der Waals surface area contributed by atoms with Gasteiger partial charge in [0.05, 0.1) is 6.04 Å². The number of thiazole rings is 1. The van der Waals surface area contributed by atoms with E-state index in [0.717, 1.165) is 43.7 Å². The van der Waals surface area contributed by atoms with Crippen molar-refractivity contribution in [1.29, 1.82) is 0 Å². The first-order chi connectivity index (χ1) is 10.2. The number of carbonyl (C=O) groups is 2. The van der Waals surface area contributed by atoms with E-state index in [1.54, 1.807) is 5.38 Å². The first-order valence-electron chi connectivity index (χ1n) is 7.31. The molecular weight excluding hydrogens is 288 g/mol. The number of carboxylic acid groups (broad SMARTS) is 1. The summed E-state index contributed by atoms with van der Waals surface area (Å²) in [5, 5.41) is 11.3. The fourth-order valence-corrected chi connectivity index (χ4v) is 4.02. The van der Waals surface area contributed by atoms with Crippen LogP contribution in [0.4, 0.5) is 0 Å². The molecule has 1 fully saturated rings. The third-order valence-electron chi connectivity index (χ3n) is 4.18. The molecule has 1 aliphatic carbocycles.